The van der Waals surface area contributed by atoms with Gasteiger partial charge in [-0.1, -0.05) is 13.8 Å². The number of benzene rings is 1. The Bertz CT molecular complexity index is 711. The molecule has 4 heterocycles. The molecule has 2 bridgehead atoms. The molecule has 5 fully saturated rings. The molecule has 1 aliphatic carbocycles. The van der Waals surface area contributed by atoms with Crippen molar-refractivity contribution in [3.8, 4) is 5.75 Å². The highest BCUT2D eigenvalue weighted by Crippen LogP contribution is 2.60. The Kier molecular flexibility index (Phi) is 4.30. The SMILES string of the molecule is C[C@H]1[C@@H](Oc2ccc(S)cc2)O[C@@H]2O[C@]3(C)CCC4[C@H](C)CC[C@@H]1C42OO3. The molecule has 1 aromatic rings. The van der Waals surface area contributed by atoms with Gasteiger partial charge in [0.25, 0.3) is 0 Å². The molecular weight excluding hydrogens is 364 g/mol. The second-order valence-electron chi connectivity index (χ2n) is 8.89. The summed E-state index contributed by atoms with van der Waals surface area (Å²) in [6.07, 6.45) is 3.26. The predicted molar refractivity (Wildman–Crippen MR) is 101 cm³/mol. The first-order valence-electron chi connectivity index (χ1n) is 10.1. The summed E-state index contributed by atoms with van der Waals surface area (Å²) in [6.45, 7) is 6.46. The summed E-state index contributed by atoms with van der Waals surface area (Å²) in [5, 5.41) is 0. The van der Waals surface area contributed by atoms with Crippen molar-refractivity contribution in [2.24, 2.45) is 23.7 Å². The molecule has 1 aromatic carbocycles. The van der Waals surface area contributed by atoms with Gasteiger partial charge in [-0.2, -0.15) is 0 Å². The lowest BCUT2D eigenvalue weighted by atomic mass is 9.58. The van der Waals surface area contributed by atoms with Gasteiger partial charge in [-0.05, 0) is 62.3 Å². The maximum absolute atomic E-state index is 6.42. The first kappa shape index (κ1) is 18.3. The largest absolute Gasteiger partial charge is 0.465 e. The van der Waals surface area contributed by atoms with E-state index in [9.17, 15) is 0 Å². The molecule has 5 nitrogen and oxygen atoms in total. The number of fused-ring (bicyclic) bond motifs is 2. The zero-order chi connectivity index (χ0) is 18.8. The molecule has 4 aliphatic heterocycles. The Morgan fingerprint density at radius 2 is 1.81 bits per heavy atom. The van der Waals surface area contributed by atoms with Gasteiger partial charge < -0.3 is 14.2 Å². The van der Waals surface area contributed by atoms with Crippen LogP contribution < -0.4 is 4.74 Å². The highest BCUT2D eigenvalue weighted by molar-refractivity contribution is 7.80. The molecule has 6 rings (SSSR count). The van der Waals surface area contributed by atoms with E-state index in [1.807, 2.05) is 31.2 Å². The van der Waals surface area contributed by atoms with Crippen LogP contribution in [0, 0.1) is 23.7 Å². The number of hydrogen-bond donors (Lipinski definition) is 1. The van der Waals surface area contributed by atoms with Gasteiger partial charge in [0.15, 0.2) is 11.9 Å². The second-order valence-corrected chi connectivity index (χ2v) is 9.40. The fraction of sp³-hybridized carbons (Fsp3) is 0.714. The predicted octanol–water partition coefficient (Wildman–Crippen LogP) is 4.56. The van der Waals surface area contributed by atoms with E-state index in [1.165, 1.54) is 6.42 Å². The van der Waals surface area contributed by atoms with Crippen molar-refractivity contribution in [3.05, 3.63) is 24.3 Å². The van der Waals surface area contributed by atoms with Crippen LogP contribution in [0.25, 0.3) is 0 Å². The third kappa shape index (κ3) is 2.76. The Hall–Kier alpha value is -0.790. The van der Waals surface area contributed by atoms with Crippen molar-refractivity contribution in [1.82, 2.24) is 0 Å². The van der Waals surface area contributed by atoms with Gasteiger partial charge in [0.05, 0.1) is 0 Å². The van der Waals surface area contributed by atoms with E-state index < -0.39 is 17.7 Å². The van der Waals surface area contributed by atoms with Crippen molar-refractivity contribution in [2.75, 3.05) is 0 Å². The van der Waals surface area contributed by atoms with E-state index in [2.05, 4.69) is 26.5 Å². The summed E-state index contributed by atoms with van der Waals surface area (Å²) in [4.78, 5) is 12.9. The zero-order valence-electron chi connectivity index (χ0n) is 16.1. The lowest BCUT2D eigenvalue weighted by Gasteiger charge is -2.60. The molecule has 27 heavy (non-hydrogen) atoms. The van der Waals surface area contributed by atoms with E-state index in [-0.39, 0.29) is 18.1 Å². The lowest BCUT2D eigenvalue weighted by Crippen LogP contribution is -2.70. The number of rotatable bonds is 2. The number of thiol groups is 1. The van der Waals surface area contributed by atoms with Crippen molar-refractivity contribution >= 4 is 12.6 Å². The van der Waals surface area contributed by atoms with Gasteiger partial charge in [0, 0.05) is 23.2 Å². The molecule has 5 aliphatic rings. The van der Waals surface area contributed by atoms with Crippen molar-refractivity contribution in [1.29, 1.82) is 0 Å². The highest BCUT2D eigenvalue weighted by atomic mass is 32.1. The van der Waals surface area contributed by atoms with Gasteiger partial charge in [0.1, 0.15) is 5.75 Å². The Labute approximate surface area is 166 Å². The maximum atomic E-state index is 6.42. The molecular formula is C21H28O5S. The number of hydrogen-bond acceptors (Lipinski definition) is 6. The molecule has 6 heteroatoms. The van der Waals surface area contributed by atoms with E-state index in [0.717, 1.165) is 29.9 Å². The van der Waals surface area contributed by atoms with Crippen LogP contribution in [0.1, 0.15) is 46.5 Å². The quantitative estimate of drug-likeness (QED) is 0.590. The smallest absolute Gasteiger partial charge is 0.205 e. The Balaban J connectivity index is 1.48. The minimum atomic E-state index is -0.754. The zero-order valence-corrected chi connectivity index (χ0v) is 17.0. The fourth-order valence-electron chi connectivity index (χ4n) is 5.67. The standard InChI is InChI=1S/C21H28O5S/c1-12-4-9-17-13(2)18(22-14-5-7-15(27)8-6-14)23-19-21(17)16(12)10-11-20(3,24-19)25-26-21/h5-8,12-13,16-19,27H,4,9-11H2,1-3H3/t12-,13-,16?,17+,18+,19-,20+,21?/m1/s1. The Morgan fingerprint density at radius 1 is 1.04 bits per heavy atom. The topological polar surface area (TPSA) is 46.2 Å². The van der Waals surface area contributed by atoms with Gasteiger partial charge in [0.2, 0.25) is 12.1 Å². The average Bonchev–Trinajstić information content (AvgIpc) is 2.87. The summed E-state index contributed by atoms with van der Waals surface area (Å²) in [6, 6.07) is 7.70. The van der Waals surface area contributed by atoms with E-state index in [1.54, 1.807) is 0 Å². The number of ether oxygens (including phenoxy) is 3. The fourth-order valence-corrected chi connectivity index (χ4v) is 5.81. The summed E-state index contributed by atoms with van der Waals surface area (Å²) in [7, 11) is 0. The third-order valence-corrected chi connectivity index (χ3v) is 7.48. The molecule has 148 valence electrons. The second kappa shape index (κ2) is 6.36. The van der Waals surface area contributed by atoms with Gasteiger partial charge in [-0.3, -0.25) is 0 Å². The summed E-state index contributed by atoms with van der Waals surface area (Å²) in [5.74, 6) is 1.40. The van der Waals surface area contributed by atoms with Gasteiger partial charge >= 0.3 is 0 Å². The molecule has 1 spiro atoms. The van der Waals surface area contributed by atoms with Crippen LogP contribution in [0.4, 0.5) is 0 Å². The monoisotopic (exact) mass is 392 g/mol. The average molecular weight is 393 g/mol. The first-order valence-corrected chi connectivity index (χ1v) is 10.5. The third-order valence-electron chi connectivity index (χ3n) is 7.19. The minimum Gasteiger partial charge on any atom is -0.465 e. The molecule has 2 unspecified atom stereocenters. The van der Waals surface area contributed by atoms with Crippen molar-refractivity contribution in [3.63, 3.8) is 0 Å². The van der Waals surface area contributed by atoms with Crippen LogP contribution in [0.5, 0.6) is 5.75 Å². The van der Waals surface area contributed by atoms with Crippen LogP contribution in [0.2, 0.25) is 0 Å². The van der Waals surface area contributed by atoms with E-state index in [4.69, 9.17) is 24.0 Å². The van der Waals surface area contributed by atoms with Crippen LogP contribution in [-0.2, 0) is 19.2 Å². The lowest BCUT2D eigenvalue weighted by molar-refractivity contribution is -0.575. The molecule has 0 radical (unpaired) electrons. The van der Waals surface area contributed by atoms with Crippen LogP contribution in [0.3, 0.4) is 0 Å². The molecule has 4 saturated heterocycles. The molecule has 1 saturated carbocycles. The van der Waals surface area contributed by atoms with Crippen molar-refractivity contribution < 1.29 is 24.0 Å². The summed E-state index contributed by atoms with van der Waals surface area (Å²) >= 11 is 4.34. The normalized spacial score (nSPS) is 48.6. The van der Waals surface area contributed by atoms with Gasteiger partial charge in [-0.25, -0.2) is 9.78 Å². The summed E-state index contributed by atoms with van der Waals surface area (Å²) < 4.78 is 19.0. The van der Waals surface area contributed by atoms with Crippen LogP contribution in [-0.4, -0.2) is 24.0 Å². The molecule has 0 amide bonds. The van der Waals surface area contributed by atoms with E-state index >= 15 is 0 Å². The Morgan fingerprint density at radius 3 is 2.59 bits per heavy atom. The van der Waals surface area contributed by atoms with Gasteiger partial charge in [-0.15, -0.1) is 12.6 Å². The molecule has 0 N–H and O–H groups in total. The van der Waals surface area contributed by atoms with E-state index in [0.29, 0.717) is 11.8 Å². The summed E-state index contributed by atoms with van der Waals surface area (Å²) in [5.41, 5.74) is -0.540. The van der Waals surface area contributed by atoms with Crippen LogP contribution in [0.15, 0.2) is 29.2 Å². The molecule has 0 aromatic heterocycles. The highest BCUT2D eigenvalue weighted by Gasteiger charge is 2.69. The first-order chi connectivity index (χ1) is 12.9. The molecule has 8 atom stereocenters. The van der Waals surface area contributed by atoms with Crippen molar-refractivity contribution in [2.45, 2.75) is 75.3 Å². The van der Waals surface area contributed by atoms with Crippen LogP contribution >= 0.6 is 12.6 Å². The minimum absolute atomic E-state index is 0.168. The maximum Gasteiger partial charge on any atom is 0.205 e.